The van der Waals surface area contributed by atoms with Gasteiger partial charge in [-0.05, 0) is 35.2 Å². The fourth-order valence-electron chi connectivity index (χ4n) is 4.19. The number of fused-ring (bicyclic) bond motifs is 4. The Morgan fingerprint density at radius 3 is 2.48 bits per heavy atom. The van der Waals surface area contributed by atoms with E-state index in [0.717, 1.165) is 26.1 Å². The normalized spacial score (nSPS) is 15.0. The number of aryl methyl sites for hydroxylation is 1. The van der Waals surface area contributed by atoms with Gasteiger partial charge in [0.2, 0.25) is 0 Å². The average molecular weight is 329 g/mol. The molecular formula is C22H23N3. The summed E-state index contributed by atoms with van der Waals surface area (Å²) >= 11 is 0. The van der Waals surface area contributed by atoms with Crippen LogP contribution in [-0.2, 0) is 19.5 Å². The molecule has 0 amide bonds. The van der Waals surface area contributed by atoms with E-state index in [9.17, 15) is 0 Å². The second kappa shape index (κ2) is 6.08. The van der Waals surface area contributed by atoms with Crippen molar-refractivity contribution in [2.24, 2.45) is 0 Å². The van der Waals surface area contributed by atoms with Gasteiger partial charge in [0, 0.05) is 55.2 Å². The van der Waals surface area contributed by atoms with Crippen LogP contribution >= 0.6 is 0 Å². The zero-order valence-electron chi connectivity index (χ0n) is 14.4. The summed E-state index contributed by atoms with van der Waals surface area (Å²) in [6.07, 6.45) is 6.88. The van der Waals surface area contributed by atoms with Crippen LogP contribution in [0.2, 0.25) is 0 Å². The van der Waals surface area contributed by atoms with Gasteiger partial charge in [-0.1, -0.05) is 42.5 Å². The van der Waals surface area contributed by atoms with Crippen molar-refractivity contribution in [2.45, 2.75) is 25.9 Å². The number of aromatic nitrogens is 2. The summed E-state index contributed by atoms with van der Waals surface area (Å²) in [6, 6.07) is 17.3. The maximum Gasteiger partial charge on any atom is 0.0459 e. The fraction of sp³-hybridized carbons (Fsp3) is 0.273. The maximum absolute atomic E-state index is 3.62. The molecule has 1 aliphatic rings. The van der Waals surface area contributed by atoms with Gasteiger partial charge in [-0.3, -0.25) is 4.90 Å². The summed E-state index contributed by atoms with van der Waals surface area (Å²) in [7, 11) is 0. The minimum absolute atomic E-state index is 1.05. The van der Waals surface area contributed by atoms with Crippen LogP contribution in [0, 0.1) is 0 Å². The first-order valence-corrected chi connectivity index (χ1v) is 9.22. The summed E-state index contributed by atoms with van der Waals surface area (Å²) in [5, 5.41) is 4.09. The number of aromatic amines is 1. The van der Waals surface area contributed by atoms with Crippen molar-refractivity contribution < 1.29 is 0 Å². The predicted octanol–water partition coefficient (Wildman–Crippen LogP) is 4.57. The summed E-state index contributed by atoms with van der Waals surface area (Å²) in [6.45, 7) is 4.47. The van der Waals surface area contributed by atoms with Crippen molar-refractivity contribution in [3.8, 4) is 0 Å². The van der Waals surface area contributed by atoms with Crippen LogP contribution in [0.4, 0.5) is 0 Å². The molecule has 0 saturated heterocycles. The molecule has 3 heteroatoms. The molecule has 0 atom stereocenters. The van der Waals surface area contributed by atoms with Crippen LogP contribution in [0.15, 0.2) is 60.9 Å². The molecule has 4 aromatic rings. The third kappa shape index (κ3) is 2.75. The number of rotatable bonds is 4. The van der Waals surface area contributed by atoms with Crippen LogP contribution < -0.4 is 0 Å². The number of hydrogen-bond donors (Lipinski definition) is 1. The first kappa shape index (κ1) is 14.8. The van der Waals surface area contributed by atoms with Gasteiger partial charge >= 0.3 is 0 Å². The minimum atomic E-state index is 1.05. The van der Waals surface area contributed by atoms with E-state index in [-0.39, 0.29) is 0 Å². The first-order valence-electron chi connectivity index (χ1n) is 9.22. The molecule has 2 aromatic heterocycles. The zero-order valence-corrected chi connectivity index (χ0v) is 14.4. The Labute approximate surface area is 147 Å². The molecule has 0 saturated carbocycles. The topological polar surface area (TPSA) is 24.0 Å². The van der Waals surface area contributed by atoms with Gasteiger partial charge in [0.1, 0.15) is 0 Å². The van der Waals surface area contributed by atoms with Gasteiger partial charge in [-0.2, -0.15) is 0 Å². The van der Waals surface area contributed by atoms with Crippen LogP contribution in [0.3, 0.4) is 0 Å². The van der Waals surface area contributed by atoms with Gasteiger partial charge < -0.3 is 9.55 Å². The molecule has 1 aliphatic heterocycles. The molecular weight excluding hydrogens is 306 g/mol. The van der Waals surface area contributed by atoms with Crippen molar-refractivity contribution in [2.75, 3.05) is 13.1 Å². The summed E-state index contributed by atoms with van der Waals surface area (Å²) < 4.78 is 2.34. The third-order valence-electron chi connectivity index (χ3n) is 5.46. The SMILES string of the molecule is c1ccc2cn(CCCN3CCc4c([nH]c5ccccc45)C3)cc2c1. The van der Waals surface area contributed by atoms with Crippen molar-refractivity contribution in [3.05, 3.63) is 72.2 Å². The van der Waals surface area contributed by atoms with E-state index in [2.05, 4.69) is 75.4 Å². The van der Waals surface area contributed by atoms with Gasteiger partial charge in [0.15, 0.2) is 0 Å². The molecule has 3 heterocycles. The molecule has 0 fully saturated rings. The maximum atomic E-state index is 3.62. The molecule has 0 aliphatic carbocycles. The highest BCUT2D eigenvalue weighted by Gasteiger charge is 2.19. The molecule has 0 spiro atoms. The van der Waals surface area contributed by atoms with Gasteiger partial charge in [-0.25, -0.2) is 0 Å². The second-order valence-electron chi connectivity index (χ2n) is 7.13. The van der Waals surface area contributed by atoms with Crippen LogP contribution in [-0.4, -0.2) is 27.5 Å². The molecule has 5 rings (SSSR count). The third-order valence-corrected chi connectivity index (χ3v) is 5.46. The summed E-state index contributed by atoms with van der Waals surface area (Å²) in [5.41, 5.74) is 4.23. The monoisotopic (exact) mass is 329 g/mol. The zero-order chi connectivity index (χ0) is 16.6. The van der Waals surface area contributed by atoms with E-state index in [4.69, 9.17) is 0 Å². The quantitative estimate of drug-likeness (QED) is 0.582. The Hall–Kier alpha value is -2.52. The Bertz CT molecular complexity index is 991. The predicted molar refractivity (Wildman–Crippen MR) is 104 cm³/mol. The van der Waals surface area contributed by atoms with E-state index >= 15 is 0 Å². The molecule has 3 nitrogen and oxygen atoms in total. The molecule has 0 unspecified atom stereocenters. The number of H-pyrrole nitrogens is 1. The summed E-state index contributed by atoms with van der Waals surface area (Å²) in [4.78, 5) is 6.21. The highest BCUT2D eigenvalue weighted by atomic mass is 15.1. The molecule has 1 N–H and O–H groups in total. The van der Waals surface area contributed by atoms with E-state index in [1.54, 1.807) is 0 Å². The molecule has 2 aromatic carbocycles. The van der Waals surface area contributed by atoms with Crippen LogP contribution in [0.1, 0.15) is 17.7 Å². The lowest BCUT2D eigenvalue weighted by atomic mass is 10.0. The van der Waals surface area contributed by atoms with Gasteiger partial charge in [0.25, 0.3) is 0 Å². The van der Waals surface area contributed by atoms with E-state index < -0.39 is 0 Å². The van der Waals surface area contributed by atoms with Gasteiger partial charge in [0.05, 0.1) is 0 Å². The number of hydrogen-bond acceptors (Lipinski definition) is 1. The number of nitrogens with zero attached hydrogens (tertiary/aromatic N) is 2. The van der Waals surface area contributed by atoms with Crippen LogP contribution in [0.5, 0.6) is 0 Å². The fourth-order valence-corrected chi connectivity index (χ4v) is 4.19. The minimum Gasteiger partial charge on any atom is -0.357 e. The second-order valence-corrected chi connectivity index (χ2v) is 7.13. The Morgan fingerprint density at radius 2 is 1.64 bits per heavy atom. The highest BCUT2D eigenvalue weighted by molar-refractivity contribution is 5.85. The number of nitrogens with one attached hydrogen (secondary N) is 1. The van der Waals surface area contributed by atoms with E-state index in [1.165, 1.54) is 45.9 Å². The Balaban J connectivity index is 1.23. The Kier molecular flexibility index (Phi) is 3.60. The first-order chi connectivity index (χ1) is 12.4. The highest BCUT2D eigenvalue weighted by Crippen LogP contribution is 2.27. The Morgan fingerprint density at radius 1 is 0.880 bits per heavy atom. The summed E-state index contributed by atoms with van der Waals surface area (Å²) in [5.74, 6) is 0. The van der Waals surface area contributed by atoms with E-state index in [1.807, 2.05) is 0 Å². The largest absolute Gasteiger partial charge is 0.357 e. The molecule has 25 heavy (non-hydrogen) atoms. The lowest BCUT2D eigenvalue weighted by molar-refractivity contribution is 0.244. The van der Waals surface area contributed by atoms with Crippen molar-refractivity contribution >= 4 is 21.7 Å². The van der Waals surface area contributed by atoms with Crippen molar-refractivity contribution in [3.63, 3.8) is 0 Å². The lowest BCUT2D eigenvalue weighted by Gasteiger charge is -2.26. The number of benzene rings is 2. The van der Waals surface area contributed by atoms with Crippen LogP contribution in [0.25, 0.3) is 21.7 Å². The lowest BCUT2D eigenvalue weighted by Crippen LogP contribution is -2.31. The van der Waals surface area contributed by atoms with E-state index in [0.29, 0.717) is 0 Å². The standard InChI is InChI=1S/C22H23N3/c1-2-7-18-15-25(14-17(18)6-1)12-5-11-24-13-10-20-19-8-3-4-9-21(19)23-22(20)16-24/h1-4,6-9,14-15,23H,5,10-13,16H2. The van der Waals surface area contributed by atoms with Crippen molar-refractivity contribution in [1.29, 1.82) is 0 Å². The molecule has 126 valence electrons. The number of para-hydroxylation sites is 1. The molecule has 0 bridgehead atoms. The molecule has 0 radical (unpaired) electrons. The van der Waals surface area contributed by atoms with Gasteiger partial charge in [-0.15, -0.1) is 0 Å². The smallest absolute Gasteiger partial charge is 0.0459 e. The average Bonchev–Trinajstić information content (AvgIpc) is 3.21. The van der Waals surface area contributed by atoms with Crippen molar-refractivity contribution in [1.82, 2.24) is 14.5 Å².